The van der Waals surface area contributed by atoms with Gasteiger partial charge in [0.15, 0.2) is 0 Å². The first-order chi connectivity index (χ1) is 7.37. The van der Waals surface area contributed by atoms with Crippen LogP contribution in [0, 0.1) is 0 Å². The summed E-state index contributed by atoms with van der Waals surface area (Å²) in [4.78, 5) is 0. The summed E-state index contributed by atoms with van der Waals surface area (Å²) in [7, 11) is 1.30. The van der Waals surface area contributed by atoms with Crippen molar-refractivity contribution < 1.29 is 23.0 Å². The molecule has 88 valence electrons. The van der Waals surface area contributed by atoms with E-state index in [0.29, 0.717) is 18.4 Å². The van der Waals surface area contributed by atoms with E-state index in [2.05, 4.69) is 0 Å². The molecule has 1 N–H and O–H groups in total. The lowest BCUT2D eigenvalue weighted by Gasteiger charge is -2.15. The average Bonchev–Trinajstić information content (AvgIpc) is 2.95. The zero-order valence-corrected chi connectivity index (χ0v) is 8.64. The molecule has 0 bridgehead atoms. The van der Waals surface area contributed by atoms with Gasteiger partial charge in [0.1, 0.15) is 5.75 Å². The molecule has 0 atom stereocenters. The van der Waals surface area contributed by atoms with Crippen LogP contribution < -0.4 is 4.74 Å². The summed E-state index contributed by atoms with van der Waals surface area (Å²) in [6.45, 7) is 0. The van der Waals surface area contributed by atoms with Crippen molar-refractivity contribution in [3.8, 4) is 5.75 Å². The van der Waals surface area contributed by atoms with E-state index in [1.807, 2.05) is 0 Å². The summed E-state index contributed by atoms with van der Waals surface area (Å²) in [6.07, 6.45) is -3.26. The highest BCUT2D eigenvalue weighted by Crippen LogP contribution is 2.49. The van der Waals surface area contributed by atoms with Crippen molar-refractivity contribution in [3.63, 3.8) is 0 Å². The van der Waals surface area contributed by atoms with E-state index in [4.69, 9.17) is 4.74 Å². The maximum Gasteiger partial charge on any atom is 0.416 e. The van der Waals surface area contributed by atoms with Crippen LogP contribution in [0.2, 0.25) is 0 Å². The van der Waals surface area contributed by atoms with Gasteiger partial charge in [0.2, 0.25) is 0 Å². The number of alkyl halides is 3. The molecule has 0 unspecified atom stereocenters. The number of rotatable bonds is 2. The van der Waals surface area contributed by atoms with Crippen molar-refractivity contribution >= 4 is 0 Å². The minimum Gasteiger partial charge on any atom is -0.496 e. The zero-order valence-electron chi connectivity index (χ0n) is 8.64. The molecule has 1 aliphatic carbocycles. The van der Waals surface area contributed by atoms with Gasteiger partial charge in [0, 0.05) is 5.56 Å². The van der Waals surface area contributed by atoms with Crippen molar-refractivity contribution in [1.29, 1.82) is 0 Å². The van der Waals surface area contributed by atoms with Crippen molar-refractivity contribution in [2.24, 2.45) is 0 Å². The van der Waals surface area contributed by atoms with Gasteiger partial charge in [-0.15, -0.1) is 0 Å². The lowest BCUT2D eigenvalue weighted by atomic mass is 10.0. The molecular weight excluding hydrogens is 221 g/mol. The monoisotopic (exact) mass is 232 g/mol. The normalized spacial score (nSPS) is 18.3. The number of benzene rings is 1. The molecule has 0 saturated heterocycles. The molecule has 0 aliphatic heterocycles. The lowest BCUT2D eigenvalue weighted by Crippen LogP contribution is -2.10. The quantitative estimate of drug-likeness (QED) is 0.849. The molecule has 1 fully saturated rings. The Kier molecular flexibility index (Phi) is 2.38. The smallest absolute Gasteiger partial charge is 0.416 e. The van der Waals surface area contributed by atoms with Crippen LogP contribution in [-0.2, 0) is 11.8 Å². The van der Waals surface area contributed by atoms with E-state index in [9.17, 15) is 18.3 Å². The molecule has 0 heterocycles. The second-order valence-corrected chi connectivity index (χ2v) is 3.94. The first kappa shape index (κ1) is 11.3. The molecule has 1 saturated carbocycles. The fourth-order valence-electron chi connectivity index (χ4n) is 1.64. The lowest BCUT2D eigenvalue weighted by molar-refractivity contribution is -0.137. The number of halogens is 3. The van der Waals surface area contributed by atoms with Crippen molar-refractivity contribution in [2.75, 3.05) is 7.11 Å². The summed E-state index contributed by atoms with van der Waals surface area (Å²) in [5.41, 5.74) is -1.32. The predicted octanol–water partition coefficient (Wildman–Crippen LogP) is 2.70. The highest BCUT2D eigenvalue weighted by atomic mass is 19.4. The van der Waals surface area contributed by atoms with E-state index in [-0.39, 0.29) is 5.75 Å². The SMILES string of the molecule is COc1cc(C(F)(F)F)ccc1C1(O)CC1. The van der Waals surface area contributed by atoms with Gasteiger partial charge in [-0.25, -0.2) is 0 Å². The van der Waals surface area contributed by atoms with Gasteiger partial charge in [-0.2, -0.15) is 13.2 Å². The van der Waals surface area contributed by atoms with Gasteiger partial charge in [-0.3, -0.25) is 0 Å². The highest BCUT2D eigenvalue weighted by molar-refractivity contribution is 5.44. The summed E-state index contributed by atoms with van der Waals surface area (Å²) in [5.74, 6) is 0.0924. The Morgan fingerprint density at radius 1 is 1.31 bits per heavy atom. The fraction of sp³-hybridized carbons (Fsp3) is 0.455. The third kappa shape index (κ3) is 1.87. The standard InChI is InChI=1S/C11H11F3O2/c1-16-9-6-7(11(12,13)14)2-3-8(9)10(15)4-5-10/h2-3,6,15H,4-5H2,1H3. The van der Waals surface area contributed by atoms with Gasteiger partial charge in [0.05, 0.1) is 18.3 Å². The van der Waals surface area contributed by atoms with Crippen molar-refractivity contribution in [2.45, 2.75) is 24.6 Å². The number of hydrogen-bond acceptors (Lipinski definition) is 2. The van der Waals surface area contributed by atoms with Crippen LogP contribution in [0.15, 0.2) is 18.2 Å². The Bertz CT molecular complexity index is 408. The topological polar surface area (TPSA) is 29.5 Å². The van der Waals surface area contributed by atoms with Crippen LogP contribution in [0.1, 0.15) is 24.0 Å². The number of ether oxygens (including phenoxy) is 1. The van der Waals surface area contributed by atoms with E-state index < -0.39 is 17.3 Å². The van der Waals surface area contributed by atoms with E-state index in [1.54, 1.807) is 0 Å². The Balaban J connectivity index is 2.43. The molecule has 2 rings (SSSR count). The number of aliphatic hydroxyl groups is 1. The largest absolute Gasteiger partial charge is 0.496 e. The van der Waals surface area contributed by atoms with Gasteiger partial charge >= 0.3 is 6.18 Å². The molecule has 0 amide bonds. The zero-order chi connectivity index (χ0) is 12.0. The first-order valence-electron chi connectivity index (χ1n) is 4.85. The predicted molar refractivity (Wildman–Crippen MR) is 51.1 cm³/mol. The molecular formula is C11H11F3O2. The molecule has 2 nitrogen and oxygen atoms in total. The van der Waals surface area contributed by atoms with Crippen LogP contribution in [0.3, 0.4) is 0 Å². The molecule has 1 aromatic rings. The summed E-state index contributed by atoms with van der Waals surface area (Å²) >= 11 is 0. The average molecular weight is 232 g/mol. The van der Waals surface area contributed by atoms with Gasteiger partial charge in [-0.05, 0) is 25.0 Å². The highest BCUT2D eigenvalue weighted by Gasteiger charge is 2.45. The first-order valence-corrected chi connectivity index (χ1v) is 4.85. The minimum atomic E-state index is -4.39. The maximum absolute atomic E-state index is 12.4. The fourth-order valence-corrected chi connectivity index (χ4v) is 1.64. The van der Waals surface area contributed by atoms with Crippen LogP contribution in [0.5, 0.6) is 5.75 Å². The minimum absolute atomic E-state index is 0.0924. The van der Waals surface area contributed by atoms with E-state index in [0.717, 1.165) is 12.1 Å². The third-order valence-corrected chi connectivity index (χ3v) is 2.75. The molecule has 0 radical (unpaired) electrons. The van der Waals surface area contributed by atoms with E-state index in [1.165, 1.54) is 13.2 Å². The Hall–Kier alpha value is -1.23. The molecule has 1 aromatic carbocycles. The Morgan fingerprint density at radius 3 is 2.38 bits per heavy atom. The van der Waals surface area contributed by atoms with Gasteiger partial charge in [-0.1, -0.05) is 6.07 Å². The molecule has 0 spiro atoms. The Morgan fingerprint density at radius 2 is 1.94 bits per heavy atom. The number of methoxy groups -OCH3 is 1. The molecule has 1 aliphatic rings. The third-order valence-electron chi connectivity index (χ3n) is 2.75. The Labute approximate surface area is 90.7 Å². The molecule has 0 aromatic heterocycles. The maximum atomic E-state index is 12.4. The summed E-state index contributed by atoms with van der Waals surface area (Å²) < 4.78 is 42.2. The van der Waals surface area contributed by atoms with Crippen LogP contribution >= 0.6 is 0 Å². The molecule has 5 heteroatoms. The summed E-state index contributed by atoms with van der Waals surface area (Å²) in [6, 6.07) is 3.18. The van der Waals surface area contributed by atoms with E-state index >= 15 is 0 Å². The summed E-state index contributed by atoms with van der Waals surface area (Å²) in [5, 5.41) is 9.84. The number of hydrogen-bond donors (Lipinski definition) is 1. The van der Waals surface area contributed by atoms with Crippen molar-refractivity contribution in [3.05, 3.63) is 29.3 Å². The van der Waals surface area contributed by atoms with Crippen LogP contribution in [0.4, 0.5) is 13.2 Å². The van der Waals surface area contributed by atoms with Gasteiger partial charge < -0.3 is 9.84 Å². The van der Waals surface area contributed by atoms with Crippen LogP contribution in [-0.4, -0.2) is 12.2 Å². The van der Waals surface area contributed by atoms with Gasteiger partial charge in [0.25, 0.3) is 0 Å². The second-order valence-electron chi connectivity index (χ2n) is 3.94. The van der Waals surface area contributed by atoms with Crippen LogP contribution in [0.25, 0.3) is 0 Å². The second kappa shape index (κ2) is 3.38. The van der Waals surface area contributed by atoms with Crippen molar-refractivity contribution in [1.82, 2.24) is 0 Å². The molecule has 16 heavy (non-hydrogen) atoms.